The summed E-state index contributed by atoms with van der Waals surface area (Å²) in [6.07, 6.45) is -0.254. The molecule has 1 aromatic carbocycles. The molecule has 25 heavy (non-hydrogen) atoms. The molecular formula is C17H15Cl2NO4S. The van der Waals surface area contributed by atoms with Crippen LogP contribution in [0.25, 0.3) is 0 Å². The van der Waals surface area contributed by atoms with E-state index in [0.29, 0.717) is 10.6 Å². The molecule has 0 spiro atoms. The summed E-state index contributed by atoms with van der Waals surface area (Å²) in [7, 11) is 0. The quantitative estimate of drug-likeness (QED) is 0.564. The first-order valence-electron chi connectivity index (χ1n) is 7.40. The molecule has 8 heteroatoms. The molecule has 2 rings (SSSR count). The molecule has 1 N–H and O–H groups in total. The molecule has 5 nitrogen and oxygen atoms in total. The zero-order valence-corrected chi connectivity index (χ0v) is 15.6. The van der Waals surface area contributed by atoms with E-state index in [1.54, 1.807) is 23.8 Å². The summed E-state index contributed by atoms with van der Waals surface area (Å²) in [6, 6.07) is 4.97. The molecule has 1 aromatic heterocycles. The molecule has 0 aliphatic heterocycles. The van der Waals surface area contributed by atoms with Crippen molar-refractivity contribution in [3.8, 4) is 0 Å². The molecule has 0 radical (unpaired) electrons. The van der Waals surface area contributed by atoms with Crippen LogP contribution in [0.4, 0.5) is 0 Å². The van der Waals surface area contributed by atoms with Crippen molar-refractivity contribution in [2.75, 3.05) is 6.61 Å². The van der Waals surface area contributed by atoms with Gasteiger partial charge in [-0.15, -0.1) is 0 Å². The second kappa shape index (κ2) is 8.99. The fraction of sp³-hybridized carbons (Fsp3) is 0.235. The largest absolute Gasteiger partial charge is 0.466 e. The molecule has 1 heterocycles. The number of nitrogens with one attached hydrogen (secondary N) is 1. The topological polar surface area (TPSA) is 72.5 Å². The van der Waals surface area contributed by atoms with Gasteiger partial charge in [-0.2, -0.15) is 11.3 Å². The van der Waals surface area contributed by atoms with E-state index in [1.165, 1.54) is 29.5 Å². The van der Waals surface area contributed by atoms with Crippen LogP contribution in [0.5, 0.6) is 0 Å². The highest BCUT2D eigenvalue weighted by Crippen LogP contribution is 2.22. The van der Waals surface area contributed by atoms with Crippen molar-refractivity contribution in [3.63, 3.8) is 0 Å². The van der Waals surface area contributed by atoms with E-state index in [9.17, 15) is 14.4 Å². The van der Waals surface area contributed by atoms with Crippen LogP contribution < -0.4 is 5.32 Å². The third-order valence-electron chi connectivity index (χ3n) is 3.29. The minimum absolute atomic E-state index is 0.193. The van der Waals surface area contributed by atoms with Crippen LogP contribution >= 0.6 is 34.5 Å². The number of rotatable bonds is 7. The Morgan fingerprint density at radius 2 is 1.92 bits per heavy atom. The van der Waals surface area contributed by atoms with Crippen LogP contribution in [0.2, 0.25) is 10.0 Å². The Balaban J connectivity index is 2.19. The third-order valence-corrected chi connectivity index (χ3v) is 4.71. The zero-order chi connectivity index (χ0) is 18.4. The number of carbonyl (C=O) groups excluding carboxylic acids is 3. The maximum atomic E-state index is 12.6. The van der Waals surface area contributed by atoms with Gasteiger partial charge in [0.2, 0.25) is 0 Å². The SMILES string of the molecule is CCOC(=O)CC(NC(=O)c1ccc(Cl)c(Cl)c1)C(=O)c1ccsc1. The lowest BCUT2D eigenvalue weighted by atomic mass is 10.0. The van der Waals surface area contributed by atoms with Crippen molar-refractivity contribution >= 4 is 52.2 Å². The predicted octanol–water partition coefficient (Wildman–Crippen LogP) is 3.99. The van der Waals surface area contributed by atoms with Gasteiger partial charge in [0.25, 0.3) is 5.91 Å². The smallest absolute Gasteiger partial charge is 0.308 e. The fourth-order valence-electron chi connectivity index (χ4n) is 2.08. The van der Waals surface area contributed by atoms with Gasteiger partial charge in [-0.1, -0.05) is 23.2 Å². The average Bonchev–Trinajstić information content (AvgIpc) is 3.10. The Morgan fingerprint density at radius 3 is 2.52 bits per heavy atom. The predicted molar refractivity (Wildman–Crippen MR) is 97.6 cm³/mol. The van der Waals surface area contributed by atoms with Gasteiger partial charge < -0.3 is 10.1 Å². The van der Waals surface area contributed by atoms with Gasteiger partial charge >= 0.3 is 5.97 Å². The standard InChI is InChI=1S/C17H15Cl2NO4S/c1-2-24-15(21)8-14(16(22)11-5-6-25-9-11)20-17(23)10-3-4-12(18)13(19)7-10/h3-7,9,14H,2,8H2,1H3,(H,20,23). The second-order valence-electron chi connectivity index (χ2n) is 5.04. The lowest BCUT2D eigenvalue weighted by Gasteiger charge is -2.17. The first-order chi connectivity index (χ1) is 11.9. The molecule has 0 saturated heterocycles. The lowest BCUT2D eigenvalue weighted by molar-refractivity contribution is -0.143. The monoisotopic (exact) mass is 399 g/mol. The number of carbonyl (C=O) groups is 3. The molecule has 1 atom stereocenters. The molecule has 0 aliphatic rings. The van der Waals surface area contributed by atoms with Gasteiger partial charge in [0.1, 0.15) is 6.04 Å². The van der Waals surface area contributed by atoms with Crippen LogP contribution in [0, 0.1) is 0 Å². The normalized spacial score (nSPS) is 11.6. The summed E-state index contributed by atoms with van der Waals surface area (Å²) in [5.74, 6) is -1.45. The number of esters is 1. The van der Waals surface area contributed by atoms with Crippen molar-refractivity contribution in [1.29, 1.82) is 0 Å². The van der Waals surface area contributed by atoms with Crippen molar-refractivity contribution in [2.45, 2.75) is 19.4 Å². The number of hydrogen-bond acceptors (Lipinski definition) is 5. The number of halogens is 2. The minimum Gasteiger partial charge on any atom is -0.466 e. The highest BCUT2D eigenvalue weighted by Gasteiger charge is 2.26. The van der Waals surface area contributed by atoms with Gasteiger partial charge in [0.05, 0.1) is 23.1 Å². The van der Waals surface area contributed by atoms with E-state index in [4.69, 9.17) is 27.9 Å². The lowest BCUT2D eigenvalue weighted by Crippen LogP contribution is -2.42. The number of hydrogen-bond donors (Lipinski definition) is 1. The Morgan fingerprint density at radius 1 is 1.16 bits per heavy atom. The Hall–Kier alpha value is -1.89. The summed E-state index contributed by atoms with van der Waals surface area (Å²) >= 11 is 13.1. The zero-order valence-electron chi connectivity index (χ0n) is 13.3. The van der Waals surface area contributed by atoms with Gasteiger partial charge in [-0.25, -0.2) is 0 Å². The molecule has 0 bridgehead atoms. The average molecular weight is 400 g/mol. The number of thiophene rings is 1. The first kappa shape index (κ1) is 19.4. The molecule has 132 valence electrons. The summed E-state index contributed by atoms with van der Waals surface area (Å²) < 4.78 is 4.88. The molecule has 0 aliphatic carbocycles. The number of benzene rings is 1. The summed E-state index contributed by atoms with van der Waals surface area (Å²) in [5, 5.41) is 6.51. The molecule has 1 unspecified atom stereocenters. The van der Waals surface area contributed by atoms with E-state index < -0.39 is 17.9 Å². The maximum Gasteiger partial charge on any atom is 0.308 e. The van der Waals surface area contributed by atoms with Crippen molar-refractivity contribution in [2.24, 2.45) is 0 Å². The molecular weight excluding hydrogens is 385 g/mol. The second-order valence-corrected chi connectivity index (χ2v) is 6.63. The van der Waals surface area contributed by atoms with Gasteiger partial charge in [-0.05, 0) is 36.6 Å². The minimum atomic E-state index is -1.03. The van der Waals surface area contributed by atoms with E-state index in [0.717, 1.165) is 0 Å². The Labute approximate surface area is 158 Å². The molecule has 0 fully saturated rings. The van der Waals surface area contributed by atoms with Crippen LogP contribution in [-0.2, 0) is 9.53 Å². The van der Waals surface area contributed by atoms with E-state index in [-0.39, 0.29) is 29.4 Å². The number of Topliss-reactive ketones (excluding diaryl/α,β-unsaturated/α-hetero) is 1. The summed E-state index contributed by atoms with van der Waals surface area (Å²) in [4.78, 5) is 36.8. The fourth-order valence-corrected chi connectivity index (χ4v) is 3.02. The van der Waals surface area contributed by atoms with Gasteiger partial charge in [0, 0.05) is 16.5 Å². The number of ketones is 1. The van der Waals surface area contributed by atoms with Gasteiger partial charge in [0.15, 0.2) is 5.78 Å². The number of amides is 1. The van der Waals surface area contributed by atoms with Crippen LogP contribution in [0.3, 0.4) is 0 Å². The van der Waals surface area contributed by atoms with E-state index in [2.05, 4.69) is 5.32 Å². The van der Waals surface area contributed by atoms with E-state index >= 15 is 0 Å². The number of ether oxygens (including phenoxy) is 1. The highest BCUT2D eigenvalue weighted by atomic mass is 35.5. The molecule has 2 aromatic rings. The Kier molecular flexibility index (Phi) is 6.99. The van der Waals surface area contributed by atoms with E-state index in [1.807, 2.05) is 0 Å². The summed E-state index contributed by atoms with van der Waals surface area (Å²) in [5.41, 5.74) is 0.662. The van der Waals surface area contributed by atoms with Crippen LogP contribution in [0.15, 0.2) is 35.0 Å². The van der Waals surface area contributed by atoms with Crippen molar-refractivity contribution in [3.05, 3.63) is 56.2 Å². The van der Waals surface area contributed by atoms with Crippen molar-refractivity contribution < 1.29 is 19.1 Å². The maximum absolute atomic E-state index is 12.6. The highest BCUT2D eigenvalue weighted by molar-refractivity contribution is 7.08. The third kappa shape index (κ3) is 5.29. The molecule has 0 saturated carbocycles. The Bertz CT molecular complexity index is 777. The molecule has 1 amide bonds. The van der Waals surface area contributed by atoms with Gasteiger partial charge in [-0.3, -0.25) is 14.4 Å². The van der Waals surface area contributed by atoms with Crippen LogP contribution in [0.1, 0.15) is 34.1 Å². The summed E-state index contributed by atoms with van der Waals surface area (Å²) in [6.45, 7) is 1.86. The first-order valence-corrected chi connectivity index (χ1v) is 9.10. The van der Waals surface area contributed by atoms with Crippen molar-refractivity contribution in [1.82, 2.24) is 5.32 Å². The van der Waals surface area contributed by atoms with Crippen LogP contribution in [-0.4, -0.2) is 30.3 Å².